The summed E-state index contributed by atoms with van der Waals surface area (Å²) in [7, 11) is 0. The van der Waals surface area contributed by atoms with Gasteiger partial charge in [-0.3, -0.25) is 0 Å². The fourth-order valence-electron chi connectivity index (χ4n) is 5.73. The summed E-state index contributed by atoms with van der Waals surface area (Å²) in [5.74, 6) is 3.20. The summed E-state index contributed by atoms with van der Waals surface area (Å²) in [4.78, 5) is 2.56. The Morgan fingerprint density at radius 3 is 1.94 bits per heavy atom. The highest BCUT2D eigenvalue weighted by Crippen LogP contribution is 2.58. The summed E-state index contributed by atoms with van der Waals surface area (Å²) in [6, 6.07) is 0. The molecule has 0 spiro atoms. The zero-order chi connectivity index (χ0) is 12.2. The van der Waals surface area contributed by atoms with Crippen molar-refractivity contribution in [3.8, 4) is 0 Å². The second-order valence-corrected chi connectivity index (χ2v) is 7.63. The molecule has 1 aliphatic heterocycles. The molecule has 0 atom stereocenters. The minimum Gasteiger partial charge on any atom is -0.388 e. The first-order valence-electron chi connectivity index (χ1n) is 8.19. The van der Waals surface area contributed by atoms with Gasteiger partial charge in [0.15, 0.2) is 0 Å². The van der Waals surface area contributed by atoms with Gasteiger partial charge in [0.25, 0.3) is 0 Å². The summed E-state index contributed by atoms with van der Waals surface area (Å²) < 4.78 is 0. The van der Waals surface area contributed by atoms with Gasteiger partial charge in [0.1, 0.15) is 0 Å². The predicted molar refractivity (Wildman–Crippen MR) is 72.3 cm³/mol. The van der Waals surface area contributed by atoms with Crippen LogP contribution in [0.1, 0.15) is 51.4 Å². The molecule has 4 aliphatic carbocycles. The molecule has 0 aromatic rings. The second kappa shape index (κ2) is 4.21. The normalized spacial score (nSPS) is 51.8. The van der Waals surface area contributed by atoms with Gasteiger partial charge in [0.2, 0.25) is 0 Å². The Bertz CT molecular complexity index is 293. The van der Waals surface area contributed by atoms with Gasteiger partial charge in [0, 0.05) is 6.54 Å². The molecule has 4 bridgehead atoms. The quantitative estimate of drug-likeness (QED) is 0.813. The van der Waals surface area contributed by atoms with E-state index in [4.69, 9.17) is 0 Å². The van der Waals surface area contributed by atoms with Gasteiger partial charge in [0.05, 0.1) is 5.60 Å². The summed E-state index contributed by atoms with van der Waals surface area (Å²) in [5, 5.41) is 11.3. The molecule has 102 valence electrons. The lowest BCUT2D eigenvalue weighted by Gasteiger charge is -2.60. The van der Waals surface area contributed by atoms with Crippen LogP contribution in [0.15, 0.2) is 0 Å². The molecular formula is C16H27NO. The monoisotopic (exact) mass is 249 g/mol. The summed E-state index contributed by atoms with van der Waals surface area (Å²) in [6.07, 6.45) is 10.9. The summed E-state index contributed by atoms with van der Waals surface area (Å²) >= 11 is 0. The molecule has 1 N–H and O–H groups in total. The van der Waals surface area contributed by atoms with Crippen LogP contribution < -0.4 is 0 Å². The second-order valence-electron chi connectivity index (χ2n) is 7.63. The maximum absolute atomic E-state index is 11.3. The van der Waals surface area contributed by atoms with E-state index in [-0.39, 0.29) is 5.60 Å². The molecule has 0 aromatic heterocycles. The van der Waals surface area contributed by atoms with Gasteiger partial charge in [-0.2, -0.15) is 0 Å². The number of rotatable bonds is 2. The Balaban J connectivity index is 1.51. The zero-order valence-corrected chi connectivity index (χ0v) is 11.5. The van der Waals surface area contributed by atoms with Crippen LogP contribution in [-0.2, 0) is 0 Å². The minimum absolute atomic E-state index is 0.315. The van der Waals surface area contributed by atoms with Crippen molar-refractivity contribution in [3.05, 3.63) is 0 Å². The smallest absolute Gasteiger partial charge is 0.0830 e. The predicted octanol–water partition coefficient (Wildman–Crippen LogP) is 2.66. The van der Waals surface area contributed by atoms with Gasteiger partial charge in [-0.05, 0) is 81.7 Å². The van der Waals surface area contributed by atoms with Crippen LogP contribution in [-0.4, -0.2) is 35.2 Å². The molecule has 1 saturated heterocycles. The van der Waals surface area contributed by atoms with E-state index in [0.29, 0.717) is 11.8 Å². The van der Waals surface area contributed by atoms with Crippen molar-refractivity contribution < 1.29 is 5.11 Å². The van der Waals surface area contributed by atoms with Crippen LogP contribution in [0.5, 0.6) is 0 Å². The average Bonchev–Trinajstić information content (AvgIpc) is 2.37. The molecule has 2 heteroatoms. The number of hydrogen-bond donors (Lipinski definition) is 1. The van der Waals surface area contributed by atoms with Crippen LogP contribution in [0.2, 0.25) is 0 Å². The molecule has 0 aromatic carbocycles. The molecule has 0 unspecified atom stereocenters. The first-order chi connectivity index (χ1) is 8.74. The lowest BCUT2D eigenvalue weighted by Crippen LogP contribution is -2.62. The number of aliphatic hydroxyl groups is 1. The highest BCUT2D eigenvalue weighted by Gasteiger charge is 2.56. The largest absolute Gasteiger partial charge is 0.388 e. The third-order valence-electron chi connectivity index (χ3n) is 6.48. The van der Waals surface area contributed by atoms with E-state index in [1.54, 1.807) is 0 Å². The van der Waals surface area contributed by atoms with Crippen LogP contribution in [0.25, 0.3) is 0 Å². The standard InChI is InChI=1S/C16H27NO/c18-16(11-17-4-2-1-3-5-17)14-7-12-6-13(9-14)10-15(16)8-12/h12-15,18H,1-11H2. The molecule has 18 heavy (non-hydrogen) atoms. The fourth-order valence-corrected chi connectivity index (χ4v) is 5.73. The maximum atomic E-state index is 11.3. The topological polar surface area (TPSA) is 23.5 Å². The van der Waals surface area contributed by atoms with E-state index in [0.717, 1.165) is 18.4 Å². The van der Waals surface area contributed by atoms with Crippen molar-refractivity contribution >= 4 is 0 Å². The van der Waals surface area contributed by atoms with Gasteiger partial charge >= 0.3 is 0 Å². The van der Waals surface area contributed by atoms with Gasteiger partial charge in [-0.1, -0.05) is 6.42 Å². The molecule has 4 saturated carbocycles. The SMILES string of the molecule is OC1(CN2CCCCC2)C2CC3CC(C2)CC1C3. The Morgan fingerprint density at radius 1 is 0.833 bits per heavy atom. The van der Waals surface area contributed by atoms with Crippen LogP contribution in [0, 0.1) is 23.7 Å². The molecule has 5 aliphatic rings. The van der Waals surface area contributed by atoms with E-state index in [1.807, 2.05) is 0 Å². The number of piperidine rings is 1. The Morgan fingerprint density at radius 2 is 1.39 bits per heavy atom. The van der Waals surface area contributed by atoms with Crippen molar-refractivity contribution in [1.29, 1.82) is 0 Å². The van der Waals surface area contributed by atoms with Crippen molar-refractivity contribution in [2.45, 2.75) is 57.0 Å². The van der Waals surface area contributed by atoms with E-state index in [9.17, 15) is 5.11 Å². The van der Waals surface area contributed by atoms with Gasteiger partial charge < -0.3 is 10.0 Å². The van der Waals surface area contributed by atoms with Crippen molar-refractivity contribution in [1.82, 2.24) is 4.90 Å². The average molecular weight is 249 g/mol. The third-order valence-corrected chi connectivity index (χ3v) is 6.48. The van der Waals surface area contributed by atoms with Gasteiger partial charge in [-0.25, -0.2) is 0 Å². The molecule has 1 heterocycles. The van der Waals surface area contributed by atoms with Crippen molar-refractivity contribution in [2.24, 2.45) is 23.7 Å². The van der Waals surface area contributed by atoms with E-state index in [2.05, 4.69) is 4.90 Å². The minimum atomic E-state index is -0.315. The highest BCUT2D eigenvalue weighted by atomic mass is 16.3. The molecular weight excluding hydrogens is 222 g/mol. The maximum Gasteiger partial charge on any atom is 0.0830 e. The number of β-amino-alcohol motifs (C(OH)–C–C–N with tert-alkyl or cyclic N) is 1. The summed E-state index contributed by atoms with van der Waals surface area (Å²) in [5.41, 5.74) is -0.315. The van der Waals surface area contributed by atoms with Crippen molar-refractivity contribution in [3.63, 3.8) is 0 Å². The lowest BCUT2D eigenvalue weighted by atomic mass is 9.49. The number of likely N-dealkylation sites (tertiary alicyclic amines) is 1. The van der Waals surface area contributed by atoms with E-state index in [1.165, 1.54) is 64.5 Å². The number of hydrogen-bond acceptors (Lipinski definition) is 2. The van der Waals surface area contributed by atoms with Crippen LogP contribution in [0.4, 0.5) is 0 Å². The summed E-state index contributed by atoms with van der Waals surface area (Å²) in [6.45, 7) is 3.45. The number of nitrogens with zero attached hydrogens (tertiary/aromatic N) is 1. The fraction of sp³-hybridized carbons (Fsp3) is 1.00. The molecule has 0 radical (unpaired) electrons. The zero-order valence-electron chi connectivity index (χ0n) is 11.5. The van der Waals surface area contributed by atoms with Crippen molar-refractivity contribution in [2.75, 3.05) is 19.6 Å². The van der Waals surface area contributed by atoms with E-state index >= 15 is 0 Å². The Kier molecular flexibility index (Phi) is 2.74. The first-order valence-corrected chi connectivity index (χ1v) is 8.19. The van der Waals surface area contributed by atoms with Gasteiger partial charge in [-0.15, -0.1) is 0 Å². The Labute approximate surface area is 111 Å². The highest BCUT2D eigenvalue weighted by molar-refractivity contribution is 5.08. The first kappa shape index (κ1) is 11.7. The Hall–Kier alpha value is -0.0800. The molecule has 5 fully saturated rings. The van der Waals surface area contributed by atoms with E-state index < -0.39 is 0 Å². The lowest BCUT2D eigenvalue weighted by molar-refractivity contribution is -0.183. The molecule has 2 nitrogen and oxygen atoms in total. The molecule has 0 amide bonds. The van der Waals surface area contributed by atoms with Crippen LogP contribution in [0.3, 0.4) is 0 Å². The van der Waals surface area contributed by atoms with Crippen LogP contribution >= 0.6 is 0 Å². The molecule has 5 rings (SSSR count). The third kappa shape index (κ3) is 1.76.